The number of nitrogens with zero attached hydrogens (tertiary/aromatic N) is 2. The average molecular weight is 417 g/mol. The maximum absolute atomic E-state index is 13.2. The van der Waals surface area contributed by atoms with Crippen LogP contribution in [-0.2, 0) is 17.7 Å². The van der Waals surface area contributed by atoms with Crippen molar-refractivity contribution < 1.29 is 22.7 Å². The topological polar surface area (TPSA) is 44.1 Å². The molecule has 0 saturated heterocycles. The molecular weight excluding hydrogens is 393 g/mol. The molecule has 2 aromatic rings. The van der Waals surface area contributed by atoms with Crippen molar-refractivity contribution in [3.8, 4) is 11.3 Å². The Kier molecular flexibility index (Phi) is 6.48. The number of halogens is 4. The van der Waals surface area contributed by atoms with Crippen LogP contribution in [0.3, 0.4) is 0 Å². The lowest BCUT2D eigenvalue weighted by Gasteiger charge is -2.28. The highest BCUT2D eigenvalue weighted by Crippen LogP contribution is 2.41. The highest BCUT2D eigenvalue weighted by Gasteiger charge is 2.47. The SMILES string of the molecule is CCOC(=O)c1nn(CC)c(-c2ccc(CC(C)(C)C(F)(F)F)cc2C)c1Cl. The van der Waals surface area contributed by atoms with Crippen molar-refractivity contribution in [1.82, 2.24) is 9.78 Å². The zero-order valence-corrected chi connectivity index (χ0v) is 17.3. The summed E-state index contributed by atoms with van der Waals surface area (Å²) in [6, 6.07) is 5.10. The van der Waals surface area contributed by atoms with Gasteiger partial charge in [-0.2, -0.15) is 18.3 Å². The van der Waals surface area contributed by atoms with E-state index >= 15 is 0 Å². The molecule has 0 amide bonds. The molecule has 0 saturated carbocycles. The molecule has 8 heteroatoms. The standard InChI is InChI=1S/C20H24ClF3N2O2/c1-6-26-17(15(21)16(25-26)18(27)28-7-2)14-9-8-13(10-12(14)3)11-19(4,5)20(22,23)24/h8-10H,6-7,11H2,1-5H3. The van der Waals surface area contributed by atoms with E-state index in [0.29, 0.717) is 23.4 Å². The molecule has 154 valence electrons. The Morgan fingerprint density at radius 3 is 2.39 bits per heavy atom. The molecule has 0 fully saturated rings. The van der Waals surface area contributed by atoms with Gasteiger partial charge < -0.3 is 4.74 Å². The van der Waals surface area contributed by atoms with E-state index in [1.807, 2.05) is 6.92 Å². The smallest absolute Gasteiger partial charge is 0.394 e. The van der Waals surface area contributed by atoms with Gasteiger partial charge in [-0.25, -0.2) is 4.79 Å². The minimum Gasteiger partial charge on any atom is -0.461 e. The maximum Gasteiger partial charge on any atom is 0.394 e. The lowest BCUT2D eigenvalue weighted by Crippen LogP contribution is -2.34. The Morgan fingerprint density at radius 1 is 1.25 bits per heavy atom. The van der Waals surface area contributed by atoms with Crippen molar-refractivity contribution in [2.75, 3.05) is 6.61 Å². The first-order chi connectivity index (χ1) is 12.9. The molecule has 0 aliphatic heterocycles. The summed E-state index contributed by atoms with van der Waals surface area (Å²) >= 11 is 6.42. The number of rotatable bonds is 6. The van der Waals surface area contributed by atoms with Gasteiger partial charge in [-0.15, -0.1) is 0 Å². The largest absolute Gasteiger partial charge is 0.461 e. The van der Waals surface area contributed by atoms with Gasteiger partial charge in [0.15, 0.2) is 5.69 Å². The van der Waals surface area contributed by atoms with Crippen LogP contribution < -0.4 is 0 Å². The van der Waals surface area contributed by atoms with E-state index in [1.165, 1.54) is 13.8 Å². The second-order valence-corrected chi connectivity index (χ2v) is 7.63. The lowest BCUT2D eigenvalue weighted by molar-refractivity contribution is -0.211. The molecule has 0 radical (unpaired) electrons. The maximum atomic E-state index is 13.2. The van der Waals surface area contributed by atoms with Crippen LogP contribution in [0.4, 0.5) is 13.2 Å². The fourth-order valence-corrected chi connectivity index (χ4v) is 3.28. The molecule has 1 heterocycles. The fourth-order valence-electron chi connectivity index (χ4n) is 2.97. The monoisotopic (exact) mass is 416 g/mol. The summed E-state index contributed by atoms with van der Waals surface area (Å²) in [7, 11) is 0. The minimum atomic E-state index is -4.29. The Bertz CT molecular complexity index is 873. The molecule has 0 unspecified atom stereocenters. The van der Waals surface area contributed by atoms with Crippen molar-refractivity contribution in [2.24, 2.45) is 5.41 Å². The first-order valence-corrected chi connectivity index (χ1v) is 9.40. The summed E-state index contributed by atoms with van der Waals surface area (Å²) in [5, 5.41) is 4.41. The highest BCUT2D eigenvalue weighted by atomic mass is 35.5. The summed E-state index contributed by atoms with van der Waals surface area (Å²) < 4.78 is 46.1. The molecule has 0 bridgehead atoms. The van der Waals surface area contributed by atoms with Crippen LogP contribution in [0.15, 0.2) is 18.2 Å². The van der Waals surface area contributed by atoms with Gasteiger partial charge in [0.25, 0.3) is 0 Å². The van der Waals surface area contributed by atoms with Gasteiger partial charge >= 0.3 is 12.1 Å². The molecule has 1 aromatic carbocycles. The first-order valence-electron chi connectivity index (χ1n) is 9.03. The van der Waals surface area contributed by atoms with Gasteiger partial charge in [-0.1, -0.05) is 43.6 Å². The van der Waals surface area contributed by atoms with Crippen LogP contribution in [0.2, 0.25) is 5.02 Å². The second-order valence-electron chi connectivity index (χ2n) is 7.26. The zero-order valence-electron chi connectivity index (χ0n) is 16.6. The number of ether oxygens (including phenoxy) is 1. The van der Waals surface area contributed by atoms with Crippen LogP contribution in [0.25, 0.3) is 11.3 Å². The zero-order chi connectivity index (χ0) is 21.3. The number of carbonyl (C=O) groups is 1. The van der Waals surface area contributed by atoms with Crippen molar-refractivity contribution in [3.63, 3.8) is 0 Å². The van der Waals surface area contributed by atoms with Crippen molar-refractivity contribution >= 4 is 17.6 Å². The fraction of sp³-hybridized carbons (Fsp3) is 0.500. The van der Waals surface area contributed by atoms with Gasteiger partial charge in [0.2, 0.25) is 0 Å². The number of benzene rings is 1. The molecule has 0 aliphatic carbocycles. The number of hydrogen-bond acceptors (Lipinski definition) is 3. The number of aromatic nitrogens is 2. The normalized spacial score (nSPS) is 12.3. The number of esters is 1. The molecule has 0 spiro atoms. The van der Waals surface area contributed by atoms with Gasteiger partial charge in [-0.05, 0) is 38.3 Å². The van der Waals surface area contributed by atoms with Crippen LogP contribution in [0, 0.1) is 12.3 Å². The van der Waals surface area contributed by atoms with E-state index in [1.54, 1.807) is 36.7 Å². The van der Waals surface area contributed by atoms with Crippen molar-refractivity contribution in [1.29, 1.82) is 0 Å². The van der Waals surface area contributed by atoms with E-state index in [4.69, 9.17) is 16.3 Å². The van der Waals surface area contributed by atoms with Gasteiger partial charge in [0.05, 0.1) is 17.7 Å². The van der Waals surface area contributed by atoms with Gasteiger partial charge in [0.1, 0.15) is 5.02 Å². The summed E-state index contributed by atoms with van der Waals surface area (Å²) in [4.78, 5) is 12.1. The Labute approximate surface area is 167 Å². The van der Waals surface area contributed by atoms with Crippen molar-refractivity contribution in [2.45, 2.75) is 53.8 Å². The van der Waals surface area contributed by atoms with E-state index in [0.717, 1.165) is 5.56 Å². The predicted molar refractivity (Wildman–Crippen MR) is 103 cm³/mol. The second kappa shape index (κ2) is 8.15. The lowest BCUT2D eigenvalue weighted by atomic mass is 9.84. The molecule has 1 aromatic heterocycles. The average Bonchev–Trinajstić information content (AvgIpc) is 2.90. The van der Waals surface area contributed by atoms with Crippen LogP contribution in [0.1, 0.15) is 49.3 Å². The highest BCUT2D eigenvalue weighted by molar-refractivity contribution is 6.35. The number of aryl methyl sites for hydroxylation is 2. The molecular formula is C20H24ClF3N2O2. The van der Waals surface area contributed by atoms with Crippen LogP contribution in [-0.4, -0.2) is 28.5 Å². The quantitative estimate of drug-likeness (QED) is 0.555. The third-order valence-electron chi connectivity index (χ3n) is 4.62. The molecule has 0 atom stereocenters. The Balaban J connectivity index is 2.46. The van der Waals surface area contributed by atoms with Crippen molar-refractivity contribution in [3.05, 3.63) is 40.0 Å². The minimum absolute atomic E-state index is 0.0297. The Hall–Kier alpha value is -2.02. The third-order valence-corrected chi connectivity index (χ3v) is 4.98. The van der Waals surface area contributed by atoms with Crippen LogP contribution in [0.5, 0.6) is 0 Å². The van der Waals surface area contributed by atoms with Gasteiger partial charge in [-0.3, -0.25) is 4.68 Å². The first kappa shape index (κ1) is 22.3. The van der Waals surface area contributed by atoms with E-state index in [2.05, 4.69) is 5.10 Å². The van der Waals surface area contributed by atoms with E-state index in [-0.39, 0.29) is 23.7 Å². The Morgan fingerprint density at radius 2 is 1.89 bits per heavy atom. The predicted octanol–water partition coefficient (Wildman–Crippen LogP) is 5.84. The molecule has 4 nitrogen and oxygen atoms in total. The molecule has 0 aliphatic rings. The third kappa shape index (κ3) is 4.35. The number of carbonyl (C=O) groups excluding carboxylic acids is 1. The summed E-state index contributed by atoms with van der Waals surface area (Å²) in [6.45, 7) is 8.39. The summed E-state index contributed by atoms with van der Waals surface area (Å²) in [5.41, 5.74) is 0.785. The number of alkyl halides is 3. The summed E-state index contributed by atoms with van der Waals surface area (Å²) in [6.07, 6.45) is -4.43. The summed E-state index contributed by atoms with van der Waals surface area (Å²) in [5.74, 6) is -0.609. The molecule has 28 heavy (non-hydrogen) atoms. The van der Waals surface area contributed by atoms with E-state index < -0.39 is 17.6 Å². The van der Waals surface area contributed by atoms with E-state index in [9.17, 15) is 18.0 Å². The van der Waals surface area contributed by atoms with Crippen LogP contribution >= 0.6 is 11.6 Å². The molecule has 0 N–H and O–H groups in total. The molecule has 2 rings (SSSR count). The number of hydrogen-bond donors (Lipinski definition) is 0. The van der Waals surface area contributed by atoms with Gasteiger partial charge in [0, 0.05) is 12.1 Å².